The fraction of sp³-hybridized carbons (Fsp3) is 0.250. The summed E-state index contributed by atoms with van der Waals surface area (Å²) in [4.78, 5) is 4.54. The van der Waals surface area contributed by atoms with E-state index in [0.717, 1.165) is 16.5 Å². The van der Waals surface area contributed by atoms with Crippen molar-refractivity contribution in [2.24, 2.45) is 0 Å². The molecule has 0 radical (unpaired) electrons. The summed E-state index contributed by atoms with van der Waals surface area (Å²) >= 11 is 0. The van der Waals surface area contributed by atoms with Crippen molar-refractivity contribution in [3.63, 3.8) is 0 Å². The molecule has 0 aliphatic carbocycles. The summed E-state index contributed by atoms with van der Waals surface area (Å²) < 4.78 is 46.9. The number of nitrogens with zero attached hydrogens (tertiary/aromatic N) is 2. The van der Waals surface area contributed by atoms with Crippen LogP contribution in [-0.4, -0.2) is 37.4 Å². The molecule has 0 amide bonds. The van der Waals surface area contributed by atoms with Gasteiger partial charge in [-0.1, -0.05) is 24.3 Å². The van der Waals surface area contributed by atoms with Gasteiger partial charge in [0, 0.05) is 24.7 Å². The number of halogens is 1. The molecule has 0 bridgehead atoms. The van der Waals surface area contributed by atoms with E-state index in [2.05, 4.69) is 4.98 Å². The van der Waals surface area contributed by atoms with E-state index < -0.39 is 16.1 Å². The number of ether oxygens (including phenoxy) is 1. The van der Waals surface area contributed by atoms with Crippen molar-refractivity contribution in [3.05, 3.63) is 71.7 Å². The lowest BCUT2D eigenvalue weighted by Crippen LogP contribution is -2.42. The summed E-state index contributed by atoms with van der Waals surface area (Å²) in [7, 11) is -3.73. The van der Waals surface area contributed by atoms with E-state index in [-0.39, 0.29) is 30.4 Å². The monoisotopic (exact) mass is 386 g/mol. The van der Waals surface area contributed by atoms with Crippen molar-refractivity contribution < 1.29 is 17.5 Å². The molecular weight excluding hydrogens is 367 g/mol. The normalized spacial score (nSPS) is 18.7. The van der Waals surface area contributed by atoms with Crippen LogP contribution in [0, 0.1) is 12.7 Å². The van der Waals surface area contributed by atoms with E-state index in [9.17, 15) is 12.8 Å². The Kier molecular flexibility index (Phi) is 4.67. The molecule has 140 valence electrons. The van der Waals surface area contributed by atoms with Gasteiger partial charge in [-0.2, -0.15) is 4.31 Å². The Morgan fingerprint density at radius 2 is 1.96 bits per heavy atom. The van der Waals surface area contributed by atoms with Crippen molar-refractivity contribution in [2.75, 3.05) is 19.7 Å². The SMILES string of the molecule is Cc1cnc2c(S(=O)(=O)N3CCO[C@@H](c4ccc(F)cc4)C3)cccc2c1. The molecule has 0 N–H and O–H groups in total. The van der Waals surface area contributed by atoms with Gasteiger partial charge in [0.2, 0.25) is 10.0 Å². The van der Waals surface area contributed by atoms with Crippen LogP contribution in [0.3, 0.4) is 0 Å². The highest BCUT2D eigenvalue weighted by Gasteiger charge is 2.32. The fourth-order valence-electron chi connectivity index (χ4n) is 3.31. The highest BCUT2D eigenvalue weighted by molar-refractivity contribution is 7.89. The van der Waals surface area contributed by atoms with Crippen molar-refractivity contribution >= 4 is 20.9 Å². The van der Waals surface area contributed by atoms with Gasteiger partial charge in [0.15, 0.2) is 0 Å². The van der Waals surface area contributed by atoms with E-state index in [1.807, 2.05) is 19.1 Å². The van der Waals surface area contributed by atoms with Gasteiger partial charge in [-0.15, -0.1) is 0 Å². The first-order valence-corrected chi connectivity index (χ1v) is 10.1. The van der Waals surface area contributed by atoms with Gasteiger partial charge in [-0.25, -0.2) is 12.8 Å². The number of pyridine rings is 1. The number of aromatic nitrogens is 1. The summed E-state index contributed by atoms with van der Waals surface area (Å²) in [5.74, 6) is -0.337. The van der Waals surface area contributed by atoms with Crippen LogP contribution in [0.2, 0.25) is 0 Å². The Morgan fingerprint density at radius 3 is 2.74 bits per heavy atom. The number of fused-ring (bicyclic) bond motifs is 1. The predicted octanol–water partition coefficient (Wildman–Crippen LogP) is 3.44. The van der Waals surface area contributed by atoms with Crippen LogP contribution in [0.4, 0.5) is 4.39 Å². The average Bonchev–Trinajstić information content (AvgIpc) is 2.68. The summed E-state index contributed by atoms with van der Waals surface area (Å²) in [5, 5.41) is 0.791. The molecular formula is C20H19FN2O3S. The number of rotatable bonds is 3. The fourth-order valence-corrected chi connectivity index (χ4v) is 4.90. The topological polar surface area (TPSA) is 59.5 Å². The van der Waals surface area contributed by atoms with Crippen LogP contribution in [0.15, 0.2) is 59.6 Å². The Balaban J connectivity index is 1.68. The lowest BCUT2D eigenvalue weighted by molar-refractivity contribution is -0.00256. The van der Waals surface area contributed by atoms with Gasteiger partial charge in [0.1, 0.15) is 10.7 Å². The number of hydrogen-bond acceptors (Lipinski definition) is 4. The zero-order valence-corrected chi connectivity index (χ0v) is 15.6. The molecule has 7 heteroatoms. The zero-order chi connectivity index (χ0) is 19.0. The molecule has 2 heterocycles. The van der Waals surface area contributed by atoms with Gasteiger partial charge in [-0.3, -0.25) is 4.98 Å². The quantitative estimate of drug-likeness (QED) is 0.692. The lowest BCUT2D eigenvalue weighted by Gasteiger charge is -2.32. The van der Waals surface area contributed by atoms with Crippen LogP contribution in [0.5, 0.6) is 0 Å². The maximum atomic E-state index is 13.3. The second-order valence-electron chi connectivity index (χ2n) is 6.61. The second kappa shape index (κ2) is 6.99. The Morgan fingerprint density at radius 1 is 1.19 bits per heavy atom. The number of sulfonamides is 1. The standard InChI is InChI=1S/C20H19FN2O3S/c1-14-11-16-3-2-4-19(20(16)22-12-14)27(24,25)23-9-10-26-18(13-23)15-5-7-17(21)8-6-15/h2-8,11-12,18H,9-10,13H2,1H3/t18-/m1/s1. The Labute approximate surface area is 157 Å². The molecule has 1 aromatic heterocycles. The largest absolute Gasteiger partial charge is 0.371 e. The average molecular weight is 386 g/mol. The van der Waals surface area contributed by atoms with E-state index in [4.69, 9.17) is 4.74 Å². The van der Waals surface area contributed by atoms with Crippen molar-refractivity contribution in [2.45, 2.75) is 17.9 Å². The molecule has 5 nitrogen and oxygen atoms in total. The van der Waals surface area contributed by atoms with E-state index in [1.165, 1.54) is 16.4 Å². The number of morpholine rings is 1. The molecule has 1 aliphatic rings. The summed E-state index contributed by atoms with van der Waals surface area (Å²) in [6.07, 6.45) is 1.24. The molecule has 2 aromatic carbocycles. The zero-order valence-electron chi connectivity index (χ0n) is 14.8. The van der Waals surface area contributed by atoms with E-state index in [1.54, 1.807) is 30.5 Å². The summed E-state index contributed by atoms with van der Waals surface area (Å²) in [6, 6.07) is 13.0. The third-order valence-corrected chi connectivity index (χ3v) is 6.60. The first-order chi connectivity index (χ1) is 12.9. The molecule has 1 atom stereocenters. The molecule has 1 fully saturated rings. The molecule has 0 spiro atoms. The molecule has 1 saturated heterocycles. The van der Waals surface area contributed by atoms with Crippen LogP contribution < -0.4 is 0 Å². The Bertz CT molecular complexity index is 1080. The number of para-hydroxylation sites is 1. The Hall–Kier alpha value is -2.35. The highest BCUT2D eigenvalue weighted by atomic mass is 32.2. The van der Waals surface area contributed by atoms with Crippen molar-refractivity contribution in [1.29, 1.82) is 0 Å². The van der Waals surface area contributed by atoms with E-state index in [0.29, 0.717) is 5.52 Å². The third-order valence-electron chi connectivity index (χ3n) is 4.70. The van der Waals surface area contributed by atoms with Gasteiger partial charge in [0.25, 0.3) is 0 Å². The van der Waals surface area contributed by atoms with Crippen molar-refractivity contribution in [3.8, 4) is 0 Å². The number of hydrogen-bond donors (Lipinski definition) is 0. The third kappa shape index (κ3) is 3.45. The minimum atomic E-state index is -3.73. The van der Waals surface area contributed by atoms with Crippen LogP contribution >= 0.6 is 0 Å². The maximum absolute atomic E-state index is 13.3. The number of aryl methyl sites for hydroxylation is 1. The second-order valence-corrected chi connectivity index (χ2v) is 8.52. The molecule has 3 aromatic rings. The summed E-state index contributed by atoms with van der Waals surface area (Å²) in [5.41, 5.74) is 2.19. The molecule has 0 unspecified atom stereocenters. The minimum absolute atomic E-state index is 0.177. The van der Waals surface area contributed by atoms with Crippen LogP contribution in [-0.2, 0) is 14.8 Å². The smallest absolute Gasteiger partial charge is 0.245 e. The molecule has 4 rings (SSSR count). The highest BCUT2D eigenvalue weighted by Crippen LogP contribution is 2.29. The van der Waals surface area contributed by atoms with Gasteiger partial charge < -0.3 is 4.74 Å². The maximum Gasteiger partial charge on any atom is 0.245 e. The molecule has 27 heavy (non-hydrogen) atoms. The first-order valence-electron chi connectivity index (χ1n) is 8.68. The predicted molar refractivity (Wildman–Crippen MR) is 100 cm³/mol. The van der Waals surface area contributed by atoms with Gasteiger partial charge in [0.05, 0.1) is 18.2 Å². The van der Waals surface area contributed by atoms with Crippen molar-refractivity contribution in [1.82, 2.24) is 9.29 Å². The van der Waals surface area contributed by atoms with Crippen LogP contribution in [0.1, 0.15) is 17.2 Å². The van der Waals surface area contributed by atoms with Gasteiger partial charge in [-0.05, 0) is 42.3 Å². The number of benzene rings is 2. The summed E-state index contributed by atoms with van der Waals surface area (Å²) in [6.45, 7) is 2.64. The van der Waals surface area contributed by atoms with E-state index >= 15 is 0 Å². The van der Waals surface area contributed by atoms with Gasteiger partial charge >= 0.3 is 0 Å². The molecule has 1 aliphatic heterocycles. The lowest BCUT2D eigenvalue weighted by atomic mass is 10.1. The molecule has 0 saturated carbocycles. The minimum Gasteiger partial charge on any atom is -0.371 e. The van der Waals surface area contributed by atoms with Crippen LogP contribution in [0.25, 0.3) is 10.9 Å². The first kappa shape index (κ1) is 18.0.